The maximum atomic E-state index is 6.31. The third kappa shape index (κ3) is 4.44. The van der Waals surface area contributed by atoms with Gasteiger partial charge < -0.3 is 14.2 Å². The van der Waals surface area contributed by atoms with Crippen LogP contribution in [0.3, 0.4) is 0 Å². The van der Waals surface area contributed by atoms with Crippen molar-refractivity contribution in [3.63, 3.8) is 0 Å². The molecular weight excluding hydrogens is 252 g/mol. The van der Waals surface area contributed by atoms with Gasteiger partial charge in [-0.15, -0.1) is 0 Å². The van der Waals surface area contributed by atoms with Gasteiger partial charge in [-0.2, -0.15) is 0 Å². The van der Waals surface area contributed by atoms with Crippen LogP contribution in [0.15, 0.2) is 0 Å². The molecule has 3 nitrogen and oxygen atoms in total. The molecule has 0 amide bonds. The first kappa shape index (κ1) is 17.9. The minimum atomic E-state index is -0.106. The second kappa shape index (κ2) is 7.77. The standard InChI is InChI=1S/C17H34O3/c1-14(2)16(3,4)20-13-17(11-18-5,12-19-6)15-9-7-8-10-15/h14-15H,7-13H2,1-6H3. The molecule has 0 spiro atoms. The smallest absolute Gasteiger partial charge is 0.0649 e. The number of ether oxygens (including phenoxy) is 3. The second-order valence-corrected chi connectivity index (χ2v) is 7.26. The molecule has 0 aliphatic heterocycles. The third-order valence-corrected chi connectivity index (χ3v) is 5.21. The molecule has 1 aliphatic carbocycles. The van der Waals surface area contributed by atoms with Crippen LogP contribution in [0.2, 0.25) is 0 Å². The van der Waals surface area contributed by atoms with Crippen molar-refractivity contribution in [2.75, 3.05) is 34.0 Å². The molecule has 0 N–H and O–H groups in total. The lowest BCUT2D eigenvalue weighted by atomic mass is 9.75. The molecule has 20 heavy (non-hydrogen) atoms. The average Bonchev–Trinajstić information content (AvgIpc) is 2.90. The van der Waals surface area contributed by atoms with Gasteiger partial charge in [0, 0.05) is 19.6 Å². The Kier molecular flexibility index (Phi) is 6.96. The van der Waals surface area contributed by atoms with E-state index in [1.54, 1.807) is 14.2 Å². The van der Waals surface area contributed by atoms with Gasteiger partial charge in [-0.05, 0) is 38.5 Å². The summed E-state index contributed by atoms with van der Waals surface area (Å²) in [7, 11) is 3.57. The molecule has 3 heteroatoms. The number of hydrogen-bond donors (Lipinski definition) is 0. The Labute approximate surface area is 125 Å². The highest BCUT2D eigenvalue weighted by Crippen LogP contribution is 2.42. The van der Waals surface area contributed by atoms with E-state index in [2.05, 4.69) is 27.7 Å². The first-order valence-electron chi connectivity index (χ1n) is 8.00. The molecule has 0 aromatic carbocycles. The van der Waals surface area contributed by atoms with Crippen molar-refractivity contribution < 1.29 is 14.2 Å². The lowest BCUT2D eigenvalue weighted by molar-refractivity contribution is -0.137. The lowest BCUT2D eigenvalue weighted by Crippen LogP contribution is -2.46. The number of rotatable bonds is 9. The van der Waals surface area contributed by atoms with Crippen molar-refractivity contribution in [3.8, 4) is 0 Å². The molecule has 0 saturated heterocycles. The molecule has 0 heterocycles. The minimum Gasteiger partial charge on any atom is -0.384 e. The van der Waals surface area contributed by atoms with E-state index < -0.39 is 0 Å². The molecular formula is C17H34O3. The van der Waals surface area contributed by atoms with E-state index in [1.807, 2.05) is 0 Å². The summed E-state index contributed by atoms with van der Waals surface area (Å²) in [5.41, 5.74) is -0.0997. The molecule has 0 aromatic rings. The van der Waals surface area contributed by atoms with Crippen LogP contribution in [-0.2, 0) is 14.2 Å². The monoisotopic (exact) mass is 286 g/mol. The van der Waals surface area contributed by atoms with E-state index >= 15 is 0 Å². The van der Waals surface area contributed by atoms with E-state index in [1.165, 1.54) is 25.7 Å². The fourth-order valence-corrected chi connectivity index (χ4v) is 3.09. The Balaban J connectivity index is 2.79. The van der Waals surface area contributed by atoms with E-state index in [4.69, 9.17) is 14.2 Å². The summed E-state index contributed by atoms with van der Waals surface area (Å²) in [4.78, 5) is 0. The quantitative estimate of drug-likeness (QED) is 0.643. The van der Waals surface area contributed by atoms with Gasteiger partial charge in [0.15, 0.2) is 0 Å². The van der Waals surface area contributed by atoms with E-state index in [-0.39, 0.29) is 11.0 Å². The van der Waals surface area contributed by atoms with Gasteiger partial charge >= 0.3 is 0 Å². The minimum absolute atomic E-state index is 0.00611. The van der Waals surface area contributed by atoms with Crippen LogP contribution >= 0.6 is 0 Å². The largest absolute Gasteiger partial charge is 0.384 e. The van der Waals surface area contributed by atoms with Gasteiger partial charge in [0.2, 0.25) is 0 Å². The van der Waals surface area contributed by atoms with Crippen LogP contribution in [0.4, 0.5) is 0 Å². The fourth-order valence-electron chi connectivity index (χ4n) is 3.09. The zero-order chi connectivity index (χ0) is 15.2. The predicted octanol–water partition coefficient (Wildman–Crippen LogP) is 3.91. The van der Waals surface area contributed by atoms with Gasteiger partial charge in [-0.25, -0.2) is 0 Å². The molecule has 0 aromatic heterocycles. The van der Waals surface area contributed by atoms with E-state index in [0.717, 1.165) is 19.8 Å². The van der Waals surface area contributed by atoms with Crippen molar-refractivity contribution >= 4 is 0 Å². The van der Waals surface area contributed by atoms with E-state index in [0.29, 0.717) is 11.8 Å². The molecule has 0 bridgehead atoms. The zero-order valence-corrected chi connectivity index (χ0v) is 14.3. The molecule has 1 fully saturated rings. The van der Waals surface area contributed by atoms with Crippen molar-refractivity contribution in [2.24, 2.45) is 17.3 Å². The maximum Gasteiger partial charge on any atom is 0.0649 e. The van der Waals surface area contributed by atoms with Gasteiger partial charge in [0.25, 0.3) is 0 Å². The van der Waals surface area contributed by atoms with Gasteiger partial charge in [-0.3, -0.25) is 0 Å². The van der Waals surface area contributed by atoms with Crippen molar-refractivity contribution in [1.29, 1.82) is 0 Å². The van der Waals surface area contributed by atoms with Crippen LogP contribution in [0.25, 0.3) is 0 Å². The van der Waals surface area contributed by atoms with Crippen LogP contribution < -0.4 is 0 Å². The van der Waals surface area contributed by atoms with Crippen LogP contribution in [0.1, 0.15) is 53.4 Å². The Morgan fingerprint density at radius 3 is 1.85 bits per heavy atom. The van der Waals surface area contributed by atoms with Crippen molar-refractivity contribution in [2.45, 2.75) is 59.0 Å². The summed E-state index contributed by atoms with van der Waals surface area (Å²) in [5.74, 6) is 1.15. The Morgan fingerprint density at radius 1 is 0.950 bits per heavy atom. The first-order valence-corrected chi connectivity index (χ1v) is 8.00. The zero-order valence-electron chi connectivity index (χ0n) is 14.3. The molecule has 1 aliphatic rings. The van der Waals surface area contributed by atoms with Crippen LogP contribution in [-0.4, -0.2) is 39.6 Å². The average molecular weight is 286 g/mol. The van der Waals surface area contributed by atoms with Crippen molar-refractivity contribution in [3.05, 3.63) is 0 Å². The summed E-state index contributed by atoms with van der Waals surface area (Å²) < 4.78 is 17.4. The van der Waals surface area contributed by atoms with Crippen molar-refractivity contribution in [1.82, 2.24) is 0 Å². The lowest BCUT2D eigenvalue weighted by Gasteiger charge is -2.41. The summed E-state index contributed by atoms with van der Waals surface area (Å²) in [6.07, 6.45) is 5.21. The first-order chi connectivity index (χ1) is 9.38. The molecule has 0 radical (unpaired) electrons. The van der Waals surface area contributed by atoms with Gasteiger partial charge in [0.05, 0.1) is 25.4 Å². The fraction of sp³-hybridized carbons (Fsp3) is 1.00. The summed E-state index contributed by atoms with van der Waals surface area (Å²) in [6.45, 7) is 10.9. The summed E-state index contributed by atoms with van der Waals surface area (Å²) in [6, 6.07) is 0. The predicted molar refractivity (Wildman–Crippen MR) is 83.0 cm³/mol. The van der Waals surface area contributed by atoms with E-state index in [9.17, 15) is 0 Å². The van der Waals surface area contributed by atoms with Crippen LogP contribution in [0.5, 0.6) is 0 Å². The molecule has 1 saturated carbocycles. The highest BCUT2D eigenvalue weighted by molar-refractivity contribution is 4.90. The highest BCUT2D eigenvalue weighted by atomic mass is 16.5. The normalized spacial score (nSPS) is 18.1. The Bertz CT molecular complexity index is 261. The topological polar surface area (TPSA) is 27.7 Å². The number of methoxy groups -OCH3 is 2. The molecule has 0 atom stereocenters. The molecule has 1 rings (SSSR count). The van der Waals surface area contributed by atoms with Crippen LogP contribution in [0, 0.1) is 17.3 Å². The highest BCUT2D eigenvalue weighted by Gasteiger charge is 2.42. The third-order valence-electron chi connectivity index (χ3n) is 5.21. The Hall–Kier alpha value is -0.120. The summed E-state index contributed by atoms with van der Waals surface area (Å²) >= 11 is 0. The van der Waals surface area contributed by atoms with Gasteiger partial charge in [0.1, 0.15) is 0 Å². The molecule has 0 unspecified atom stereocenters. The Morgan fingerprint density at radius 2 is 1.45 bits per heavy atom. The molecule has 120 valence electrons. The van der Waals surface area contributed by atoms with Gasteiger partial charge in [-0.1, -0.05) is 26.7 Å². The second-order valence-electron chi connectivity index (χ2n) is 7.26. The maximum absolute atomic E-state index is 6.31. The SMILES string of the molecule is COCC(COC)(COC(C)(C)C(C)C)C1CCCC1. The summed E-state index contributed by atoms with van der Waals surface area (Å²) in [5, 5.41) is 0. The number of hydrogen-bond acceptors (Lipinski definition) is 3.